The molecule has 1 heterocycles. The normalized spacial score (nSPS) is 12.2. The third-order valence-electron chi connectivity index (χ3n) is 2.96. The Balaban J connectivity index is 1.81. The van der Waals surface area contributed by atoms with E-state index in [1.807, 2.05) is 13.8 Å². The molecule has 0 radical (unpaired) electrons. The van der Waals surface area contributed by atoms with Crippen molar-refractivity contribution in [3.05, 3.63) is 47.9 Å². The minimum absolute atomic E-state index is 0.103. The van der Waals surface area contributed by atoms with E-state index in [9.17, 15) is 9.90 Å². The SMILES string of the molecule is CC(C)Oc1ccc([C@@H](O)CNC(=O)Cc2ccon2)cc1. The number of carbonyl (C=O) groups is 1. The third kappa shape index (κ3) is 4.89. The summed E-state index contributed by atoms with van der Waals surface area (Å²) in [7, 11) is 0. The highest BCUT2D eigenvalue weighted by Crippen LogP contribution is 2.18. The smallest absolute Gasteiger partial charge is 0.226 e. The van der Waals surface area contributed by atoms with Gasteiger partial charge in [0.05, 0.1) is 24.3 Å². The van der Waals surface area contributed by atoms with Gasteiger partial charge in [0.25, 0.3) is 0 Å². The molecule has 6 heteroatoms. The van der Waals surface area contributed by atoms with Crippen molar-refractivity contribution in [1.82, 2.24) is 10.5 Å². The molecule has 118 valence electrons. The Morgan fingerprint density at radius 2 is 2.05 bits per heavy atom. The number of nitrogens with one attached hydrogen (secondary N) is 1. The Bertz CT molecular complexity index is 579. The van der Waals surface area contributed by atoms with Crippen LogP contribution in [-0.2, 0) is 11.2 Å². The molecule has 22 heavy (non-hydrogen) atoms. The number of hydrogen-bond acceptors (Lipinski definition) is 5. The molecule has 0 aliphatic rings. The van der Waals surface area contributed by atoms with Crippen LogP contribution in [0.4, 0.5) is 0 Å². The Morgan fingerprint density at radius 1 is 1.32 bits per heavy atom. The predicted molar refractivity (Wildman–Crippen MR) is 80.4 cm³/mol. The van der Waals surface area contributed by atoms with Crippen LogP contribution in [0.1, 0.15) is 31.2 Å². The first-order chi connectivity index (χ1) is 10.5. The molecular formula is C16H20N2O4. The lowest BCUT2D eigenvalue weighted by Crippen LogP contribution is -2.29. The Labute approximate surface area is 129 Å². The minimum Gasteiger partial charge on any atom is -0.491 e. The molecule has 0 bridgehead atoms. The highest BCUT2D eigenvalue weighted by Gasteiger charge is 2.11. The molecule has 2 aromatic rings. The van der Waals surface area contributed by atoms with Crippen molar-refractivity contribution in [1.29, 1.82) is 0 Å². The summed E-state index contributed by atoms with van der Waals surface area (Å²) in [4.78, 5) is 11.7. The lowest BCUT2D eigenvalue weighted by molar-refractivity contribution is -0.121. The summed E-state index contributed by atoms with van der Waals surface area (Å²) in [5, 5.41) is 16.4. The summed E-state index contributed by atoms with van der Waals surface area (Å²) in [5.41, 5.74) is 1.28. The van der Waals surface area contributed by atoms with Gasteiger partial charge in [-0.2, -0.15) is 0 Å². The molecule has 0 saturated heterocycles. The minimum atomic E-state index is -0.769. The first-order valence-corrected chi connectivity index (χ1v) is 7.15. The molecule has 0 spiro atoms. The quantitative estimate of drug-likeness (QED) is 0.815. The largest absolute Gasteiger partial charge is 0.491 e. The van der Waals surface area contributed by atoms with Gasteiger partial charge >= 0.3 is 0 Å². The molecule has 2 N–H and O–H groups in total. The van der Waals surface area contributed by atoms with E-state index in [-0.39, 0.29) is 25.0 Å². The number of aliphatic hydroxyl groups excluding tert-OH is 1. The van der Waals surface area contributed by atoms with Crippen molar-refractivity contribution >= 4 is 5.91 Å². The zero-order valence-electron chi connectivity index (χ0n) is 12.7. The van der Waals surface area contributed by atoms with Crippen molar-refractivity contribution in [2.75, 3.05) is 6.54 Å². The average molecular weight is 304 g/mol. The topological polar surface area (TPSA) is 84.6 Å². The van der Waals surface area contributed by atoms with E-state index in [2.05, 4.69) is 15.0 Å². The number of aromatic nitrogens is 1. The van der Waals surface area contributed by atoms with Gasteiger partial charge in [0, 0.05) is 12.6 Å². The zero-order valence-corrected chi connectivity index (χ0v) is 12.7. The van der Waals surface area contributed by atoms with Crippen LogP contribution in [0.5, 0.6) is 5.75 Å². The number of ether oxygens (including phenoxy) is 1. The van der Waals surface area contributed by atoms with Gasteiger partial charge in [-0.3, -0.25) is 4.79 Å². The lowest BCUT2D eigenvalue weighted by Gasteiger charge is -2.14. The Hall–Kier alpha value is -2.34. The number of nitrogens with zero attached hydrogens (tertiary/aromatic N) is 1. The van der Waals surface area contributed by atoms with Gasteiger partial charge in [-0.05, 0) is 31.5 Å². The maximum Gasteiger partial charge on any atom is 0.226 e. The molecule has 0 fully saturated rings. The molecule has 6 nitrogen and oxygen atoms in total. The van der Waals surface area contributed by atoms with Crippen molar-refractivity contribution in [2.24, 2.45) is 0 Å². The van der Waals surface area contributed by atoms with E-state index in [1.165, 1.54) is 6.26 Å². The molecule has 1 amide bonds. The van der Waals surface area contributed by atoms with Crippen LogP contribution >= 0.6 is 0 Å². The van der Waals surface area contributed by atoms with E-state index in [1.54, 1.807) is 30.3 Å². The zero-order chi connectivity index (χ0) is 15.9. The molecule has 2 rings (SSSR count). The van der Waals surface area contributed by atoms with Crippen LogP contribution in [0.3, 0.4) is 0 Å². The molecule has 0 aliphatic carbocycles. The second-order valence-electron chi connectivity index (χ2n) is 5.22. The Morgan fingerprint density at radius 3 is 2.64 bits per heavy atom. The summed E-state index contributed by atoms with van der Waals surface area (Å²) < 4.78 is 10.2. The first-order valence-electron chi connectivity index (χ1n) is 7.15. The number of carbonyl (C=O) groups excluding carboxylic acids is 1. The first kappa shape index (κ1) is 16.0. The van der Waals surface area contributed by atoms with Crippen molar-refractivity contribution in [3.8, 4) is 5.75 Å². The maximum atomic E-state index is 11.7. The Kier molecular flexibility index (Phi) is 5.55. The highest BCUT2D eigenvalue weighted by molar-refractivity contribution is 5.78. The number of amides is 1. The van der Waals surface area contributed by atoms with Crippen molar-refractivity contribution in [2.45, 2.75) is 32.5 Å². The van der Waals surface area contributed by atoms with Crippen LogP contribution < -0.4 is 10.1 Å². The average Bonchev–Trinajstić information content (AvgIpc) is 2.98. The highest BCUT2D eigenvalue weighted by atomic mass is 16.5. The number of hydrogen-bond donors (Lipinski definition) is 2. The summed E-state index contributed by atoms with van der Waals surface area (Å²) in [6.07, 6.45) is 0.878. The van der Waals surface area contributed by atoms with Crippen LogP contribution in [0.25, 0.3) is 0 Å². The van der Waals surface area contributed by atoms with Gasteiger partial charge in [0.2, 0.25) is 5.91 Å². The van der Waals surface area contributed by atoms with Gasteiger partial charge in [0.1, 0.15) is 12.0 Å². The van der Waals surface area contributed by atoms with Crippen LogP contribution in [-0.4, -0.2) is 28.8 Å². The van der Waals surface area contributed by atoms with E-state index in [4.69, 9.17) is 4.74 Å². The van der Waals surface area contributed by atoms with Crippen LogP contribution in [0, 0.1) is 0 Å². The van der Waals surface area contributed by atoms with E-state index < -0.39 is 6.10 Å². The molecule has 0 unspecified atom stereocenters. The monoisotopic (exact) mass is 304 g/mol. The summed E-state index contributed by atoms with van der Waals surface area (Å²) >= 11 is 0. The van der Waals surface area contributed by atoms with Gasteiger partial charge in [-0.15, -0.1) is 0 Å². The fourth-order valence-electron chi connectivity index (χ4n) is 1.92. The van der Waals surface area contributed by atoms with Crippen molar-refractivity contribution < 1.29 is 19.2 Å². The molecule has 0 aliphatic heterocycles. The van der Waals surface area contributed by atoms with Crippen LogP contribution in [0.15, 0.2) is 41.1 Å². The summed E-state index contributed by atoms with van der Waals surface area (Å²) in [6.45, 7) is 4.04. The summed E-state index contributed by atoms with van der Waals surface area (Å²) in [6, 6.07) is 8.80. The fourth-order valence-corrected chi connectivity index (χ4v) is 1.92. The molecule has 1 atom stereocenters. The molecule has 1 aromatic heterocycles. The molecule has 1 aromatic carbocycles. The second kappa shape index (κ2) is 7.61. The fraction of sp³-hybridized carbons (Fsp3) is 0.375. The van der Waals surface area contributed by atoms with Crippen molar-refractivity contribution in [3.63, 3.8) is 0 Å². The second-order valence-corrected chi connectivity index (χ2v) is 5.22. The maximum absolute atomic E-state index is 11.7. The van der Waals surface area contributed by atoms with E-state index in [0.29, 0.717) is 5.69 Å². The lowest BCUT2D eigenvalue weighted by atomic mass is 10.1. The van der Waals surface area contributed by atoms with Gasteiger partial charge in [-0.25, -0.2) is 0 Å². The molecule has 0 saturated carbocycles. The van der Waals surface area contributed by atoms with E-state index in [0.717, 1.165) is 11.3 Å². The third-order valence-corrected chi connectivity index (χ3v) is 2.96. The molecular weight excluding hydrogens is 284 g/mol. The van der Waals surface area contributed by atoms with Gasteiger partial charge in [0.15, 0.2) is 0 Å². The van der Waals surface area contributed by atoms with Gasteiger partial charge in [-0.1, -0.05) is 17.3 Å². The number of aliphatic hydroxyl groups is 1. The van der Waals surface area contributed by atoms with E-state index >= 15 is 0 Å². The predicted octanol–water partition coefficient (Wildman–Crippen LogP) is 1.85. The van der Waals surface area contributed by atoms with Gasteiger partial charge < -0.3 is 19.7 Å². The number of benzene rings is 1. The van der Waals surface area contributed by atoms with Crippen LogP contribution in [0.2, 0.25) is 0 Å². The standard InChI is InChI=1S/C16H20N2O4/c1-11(2)22-14-5-3-12(4-6-14)15(19)10-17-16(20)9-13-7-8-21-18-13/h3-8,11,15,19H,9-10H2,1-2H3,(H,17,20)/t15-/m0/s1. The number of rotatable bonds is 7. The summed E-state index contributed by atoms with van der Waals surface area (Å²) in [5.74, 6) is 0.536.